The van der Waals surface area contributed by atoms with Crippen LogP contribution in [0.25, 0.3) is 0 Å². The van der Waals surface area contributed by atoms with Gasteiger partial charge in [-0.1, -0.05) is 33.6 Å². The fourth-order valence-corrected chi connectivity index (χ4v) is 2.10. The molecule has 0 aromatic rings. The zero-order valence-electron chi connectivity index (χ0n) is 11.6. The van der Waals surface area contributed by atoms with Crippen LogP contribution in [0.3, 0.4) is 0 Å². The first kappa shape index (κ1) is 15.9. The second-order valence-electron chi connectivity index (χ2n) is 3.94. The molecule has 0 saturated heterocycles. The van der Waals surface area contributed by atoms with Crippen LogP contribution >= 0.6 is 0 Å². The number of nitrogens with one attached hydrogen (secondary N) is 1. The lowest BCUT2D eigenvalue weighted by Gasteiger charge is -2.32. The SMILES string of the molecule is CCNC(C(CC)CC)C(OCC)OCC. The van der Waals surface area contributed by atoms with Crippen molar-refractivity contribution in [2.45, 2.75) is 59.8 Å². The molecule has 1 unspecified atom stereocenters. The van der Waals surface area contributed by atoms with Crippen molar-refractivity contribution in [2.24, 2.45) is 5.92 Å². The smallest absolute Gasteiger partial charge is 0.172 e. The van der Waals surface area contributed by atoms with Gasteiger partial charge in [-0.15, -0.1) is 0 Å². The molecule has 0 aromatic heterocycles. The van der Waals surface area contributed by atoms with E-state index in [1.165, 1.54) is 0 Å². The zero-order valence-corrected chi connectivity index (χ0v) is 11.6. The van der Waals surface area contributed by atoms with Crippen LogP contribution < -0.4 is 5.32 Å². The summed E-state index contributed by atoms with van der Waals surface area (Å²) < 4.78 is 11.4. The molecule has 0 spiro atoms. The molecular weight excluding hydrogens is 202 g/mol. The molecule has 3 nitrogen and oxygen atoms in total. The molecule has 1 N–H and O–H groups in total. The monoisotopic (exact) mass is 231 g/mol. The fourth-order valence-electron chi connectivity index (χ4n) is 2.10. The molecule has 0 bridgehead atoms. The van der Waals surface area contributed by atoms with Crippen molar-refractivity contribution in [3.63, 3.8) is 0 Å². The van der Waals surface area contributed by atoms with Gasteiger partial charge < -0.3 is 14.8 Å². The molecule has 0 aliphatic carbocycles. The van der Waals surface area contributed by atoms with E-state index in [4.69, 9.17) is 9.47 Å². The van der Waals surface area contributed by atoms with E-state index in [0.29, 0.717) is 25.2 Å². The maximum absolute atomic E-state index is 5.70. The van der Waals surface area contributed by atoms with Gasteiger partial charge in [0.2, 0.25) is 0 Å². The second-order valence-corrected chi connectivity index (χ2v) is 3.94. The van der Waals surface area contributed by atoms with E-state index in [2.05, 4.69) is 26.1 Å². The second kappa shape index (κ2) is 10.1. The quantitative estimate of drug-likeness (QED) is 0.586. The third-order valence-corrected chi connectivity index (χ3v) is 2.95. The third kappa shape index (κ3) is 5.28. The van der Waals surface area contributed by atoms with Crippen LogP contribution in [-0.4, -0.2) is 32.1 Å². The van der Waals surface area contributed by atoms with Crippen molar-refractivity contribution in [1.29, 1.82) is 0 Å². The van der Waals surface area contributed by atoms with Gasteiger partial charge in [0.05, 0.1) is 6.04 Å². The van der Waals surface area contributed by atoms with E-state index in [-0.39, 0.29) is 6.29 Å². The standard InChI is InChI=1S/C13H29NO2/c1-6-11(7-2)12(14-8-3)13(15-9-4)16-10-5/h11-14H,6-10H2,1-5H3. The molecule has 0 saturated carbocycles. The molecule has 0 rings (SSSR count). The number of hydrogen-bond donors (Lipinski definition) is 1. The highest BCUT2D eigenvalue weighted by molar-refractivity contribution is 4.78. The van der Waals surface area contributed by atoms with Gasteiger partial charge in [-0.2, -0.15) is 0 Å². The molecule has 16 heavy (non-hydrogen) atoms. The highest BCUT2D eigenvalue weighted by atomic mass is 16.7. The lowest BCUT2D eigenvalue weighted by molar-refractivity contribution is -0.162. The molecule has 0 aliphatic heterocycles. The first-order valence-corrected chi connectivity index (χ1v) is 6.71. The van der Waals surface area contributed by atoms with Crippen LogP contribution in [0.15, 0.2) is 0 Å². The predicted octanol–water partition coefficient (Wildman–Crippen LogP) is 2.80. The molecule has 98 valence electrons. The van der Waals surface area contributed by atoms with Crippen LogP contribution in [0.1, 0.15) is 47.5 Å². The summed E-state index contributed by atoms with van der Waals surface area (Å²) in [5.41, 5.74) is 0. The number of ether oxygens (including phenoxy) is 2. The Kier molecular flexibility index (Phi) is 9.99. The summed E-state index contributed by atoms with van der Waals surface area (Å²) >= 11 is 0. The fraction of sp³-hybridized carbons (Fsp3) is 1.00. The summed E-state index contributed by atoms with van der Waals surface area (Å²) in [5, 5.41) is 3.50. The van der Waals surface area contributed by atoms with Crippen LogP contribution in [0.5, 0.6) is 0 Å². The normalized spacial score (nSPS) is 13.7. The van der Waals surface area contributed by atoms with Crippen LogP contribution in [-0.2, 0) is 9.47 Å². The summed E-state index contributed by atoms with van der Waals surface area (Å²) in [6.45, 7) is 13.0. The molecule has 0 amide bonds. The van der Waals surface area contributed by atoms with Crippen molar-refractivity contribution in [1.82, 2.24) is 5.32 Å². The van der Waals surface area contributed by atoms with Gasteiger partial charge >= 0.3 is 0 Å². The Bertz CT molecular complexity index is 143. The van der Waals surface area contributed by atoms with E-state index >= 15 is 0 Å². The Labute approximate surface area is 101 Å². The largest absolute Gasteiger partial charge is 0.351 e. The maximum Gasteiger partial charge on any atom is 0.172 e. The molecule has 1 atom stereocenters. The lowest BCUT2D eigenvalue weighted by Crippen LogP contribution is -2.47. The number of likely N-dealkylation sites (N-methyl/N-ethyl adjacent to an activating group) is 1. The van der Waals surface area contributed by atoms with E-state index in [1.807, 2.05) is 13.8 Å². The van der Waals surface area contributed by atoms with E-state index in [1.54, 1.807) is 0 Å². The average Bonchev–Trinajstić information content (AvgIpc) is 2.29. The first-order valence-electron chi connectivity index (χ1n) is 6.71. The van der Waals surface area contributed by atoms with Gasteiger partial charge in [-0.3, -0.25) is 0 Å². The summed E-state index contributed by atoms with van der Waals surface area (Å²) in [5.74, 6) is 0.614. The summed E-state index contributed by atoms with van der Waals surface area (Å²) in [6.07, 6.45) is 2.20. The van der Waals surface area contributed by atoms with Gasteiger partial charge in [-0.05, 0) is 26.3 Å². The average molecular weight is 231 g/mol. The summed E-state index contributed by atoms with van der Waals surface area (Å²) in [6, 6.07) is 0.305. The van der Waals surface area contributed by atoms with E-state index in [9.17, 15) is 0 Å². The number of rotatable bonds is 10. The van der Waals surface area contributed by atoms with Crippen LogP contribution in [0.2, 0.25) is 0 Å². The molecular formula is C13H29NO2. The molecule has 0 aromatic carbocycles. The minimum Gasteiger partial charge on any atom is -0.351 e. The zero-order chi connectivity index (χ0) is 12.4. The van der Waals surface area contributed by atoms with Crippen molar-refractivity contribution in [2.75, 3.05) is 19.8 Å². The van der Waals surface area contributed by atoms with Crippen molar-refractivity contribution in [3.05, 3.63) is 0 Å². The minimum atomic E-state index is -0.111. The Hall–Kier alpha value is -0.120. The highest BCUT2D eigenvalue weighted by Gasteiger charge is 2.27. The van der Waals surface area contributed by atoms with Crippen molar-refractivity contribution < 1.29 is 9.47 Å². The van der Waals surface area contributed by atoms with Crippen LogP contribution in [0.4, 0.5) is 0 Å². The molecule has 0 heterocycles. The summed E-state index contributed by atoms with van der Waals surface area (Å²) in [7, 11) is 0. The molecule has 3 heteroatoms. The van der Waals surface area contributed by atoms with Gasteiger partial charge in [0.1, 0.15) is 0 Å². The highest BCUT2D eigenvalue weighted by Crippen LogP contribution is 2.19. The van der Waals surface area contributed by atoms with Gasteiger partial charge in [-0.25, -0.2) is 0 Å². The van der Waals surface area contributed by atoms with Crippen molar-refractivity contribution >= 4 is 0 Å². The topological polar surface area (TPSA) is 30.5 Å². The Morgan fingerprint density at radius 1 is 0.875 bits per heavy atom. The van der Waals surface area contributed by atoms with Crippen molar-refractivity contribution in [3.8, 4) is 0 Å². The van der Waals surface area contributed by atoms with Crippen LogP contribution in [0, 0.1) is 5.92 Å². The Morgan fingerprint density at radius 2 is 1.38 bits per heavy atom. The molecule has 0 aliphatic rings. The van der Waals surface area contributed by atoms with Gasteiger partial charge in [0, 0.05) is 13.2 Å². The maximum atomic E-state index is 5.70. The third-order valence-electron chi connectivity index (χ3n) is 2.95. The van der Waals surface area contributed by atoms with E-state index in [0.717, 1.165) is 19.4 Å². The first-order chi connectivity index (χ1) is 7.74. The Balaban J connectivity index is 4.52. The minimum absolute atomic E-state index is 0.111. The van der Waals surface area contributed by atoms with Gasteiger partial charge in [0.15, 0.2) is 6.29 Å². The number of hydrogen-bond acceptors (Lipinski definition) is 3. The molecule has 0 fully saturated rings. The summed E-state index contributed by atoms with van der Waals surface area (Å²) in [4.78, 5) is 0. The molecule has 0 radical (unpaired) electrons. The Morgan fingerprint density at radius 3 is 1.69 bits per heavy atom. The van der Waals surface area contributed by atoms with E-state index < -0.39 is 0 Å². The lowest BCUT2D eigenvalue weighted by atomic mass is 9.93. The predicted molar refractivity (Wildman–Crippen MR) is 68.6 cm³/mol. The van der Waals surface area contributed by atoms with Gasteiger partial charge in [0.25, 0.3) is 0 Å².